The molecule has 3 aliphatic rings. The highest BCUT2D eigenvalue weighted by Crippen LogP contribution is 2.37. The molecule has 2 fully saturated rings. The van der Waals surface area contributed by atoms with Gasteiger partial charge in [-0.3, -0.25) is 4.68 Å². The molecule has 8 heteroatoms. The van der Waals surface area contributed by atoms with E-state index in [1.807, 2.05) is 10.7 Å². The second-order valence-corrected chi connectivity index (χ2v) is 9.18. The molecule has 2 N–H and O–H groups in total. The molecule has 7 nitrogen and oxygen atoms in total. The summed E-state index contributed by atoms with van der Waals surface area (Å²) in [6, 6.07) is 7.72. The summed E-state index contributed by atoms with van der Waals surface area (Å²) >= 11 is 0. The monoisotopic (exact) mass is 434 g/mol. The highest BCUT2D eigenvalue weighted by Gasteiger charge is 2.28. The molecule has 3 aromatic rings. The number of halogens is 1. The van der Waals surface area contributed by atoms with E-state index in [4.69, 9.17) is 0 Å². The summed E-state index contributed by atoms with van der Waals surface area (Å²) in [5.41, 5.74) is 2.96. The number of phenols is 1. The first-order valence-electron chi connectivity index (χ1n) is 11.6. The number of anilines is 1. The predicted molar refractivity (Wildman–Crippen MR) is 120 cm³/mol. The minimum absolute atomic E-state index is 0.00710. The molecule has 6 rings (SSSR count). The van der Waals surface area contributed by atoms with Gasteiger partial charge in [-0.1, -0.05) is 6.42 Å². The van der Waals surface area contributed by atoms with Gasteiger partial charge in [0.25, 0.3) is 0 Å². The van der Waals surface area contributed by atoms with Crippen LogP contribution in [0.3, 0.4) is 0 Å². The van der Waals surface area contributed by atoms with Crippen molar-refractivity contribution in [3.63, 3.8) is 0 Å². The third-order valence-corrected chi connectivity index (χ3v) is 7.12. The Kier molecular flexibility index (Phi) is 4.82. The lowest BCUT2D eigenvalue weighted by Crippen LogP contribution is -2.43. The Hall–Kier alpha value is -3.00. The number of hydrogen-bond donors (Lipinski definition) is 2. The van der Waals surface area contributed by atoms with E-state index in [2.05, 4.69) is 25.5 Å². The van der Waals surface area contributed by atoms with Crippen molar-refractivity contribution in [1.29, 1.82) is 0 Å². The number of nitrogens with one attached hydrogen (secondary N) is 1. The van der Waals surface area contributed by atoms with Crippen LogP contribution in [-0.2, 0) is 13.0 Å². The van der Waals surface area contributed by atoms with E-state index in [0.717, 1.165) is 56.0 Å². The zero-order valence-corrected chi connectivity index (χ0v) is 18.0. The number of nitrogens with zero attached hydrogens (tertiary/aromatic N) is 5. The number of phenolic OH excluding ortho intramolecular Hbond substituents is 1. The van der Waals surface area contributed by atoms with Gasteiger partial charge in [-0.15, -0.1) is 10.2 Å². The van der Waals surface area contributed by atoms with Gasteiger partial charge in [0.15, 0.2) is 5.82 Å². The number of fused-ring (bicyclic) bond motifs is 1. The van der Waals surface area contributed by atoms with Crippen LogP contribution in [0.1, 0.15) is 37.8 Å². The molecule has 1 saturated heterocycles. The Balaban J connectivity index is 1.21. The number of aromatic hydroxyl groups is 1. The van der Waals surface area contributed by atoms with Crippen molar-refractivity contribution in [3.05, 3.63) is 42.0 Å². The molecular weight excluding hydrogens is 407 g/mol. The Morgan fingerprint density at radius 2 is 1.88 bits per heavy atom. The van der Waals surface area contributed by atoms with Crippen LogP contribution in [0.2, 0.25) is 0 Å². The number of rotatable bonds is 5. The van der Waals surface area contributed by atoms with Gasteiger partial charge in [0.05, 0.1) is 11.9 Å². The molecule has 0 radical (unpaired) electrons. The average molecular weight is 435 g/mol. The van der Waals surface area contributed by atoms with E-state index < -0.39 is 5.82 Å². The second-order valence-electron chi connectivity index (χ2n) is 9.18. The molecular formula is C24H27FN6O. The fraction of sp³-hybridized carbons (Fsp3) is 0.458. The summed E-state index contributed by atoms with van der Waals surface area (Å²) in [4.78, 5) is 2.23. The Morgan fingerprint density at radius 1 is 0.969 bits per heavy atom. The number of hydrogen-bond acceptors (Lipinski definition) is 6. The zero-order valence-electron chi connectivity index (χ0n) is 18.0. The van der Waals surface area contributed by atoms with E-state index in [9.17, 15) is 5.11 Å². The number of aryl methyl sites for hydroxylation is 1. The summed E-state index contributed by atoms with van der Waals surface area (Å²) in [5.74, 6) is 0.418. The van der Waals surface area contributed by atoms with Crippen molar-refractivity contribution in [3.8, 4) is 28.1 Å². The molecule has 1 saturated carbocycles. The van der Waals surface area contributed by atoms with Crippen molar-refractivity contribution in [2.45, 2.75) is 57.2 Å². The molecule has 1 atom stereocenters. The molecule has 0 bridgehead atoms. The maximum Gasteiger partial charge on any atom is 0.151 e. The highest BCUT2D eigenvalue weighted by atomic mass is 19.1. The summed E-state index contributed by atoms with van der Waals surface area (Å²) < 4.78 is 17.0. The zero-order chi connectivity index (χ0) is 21.7. The lowest BCUT2D eigenvalue weighted by atomic mass is 9.92. The van der Waals surface area contributed by atoms with Crippen LogP contribution >= 0.6 is 0 Å². The predicted octanol–water partition coefficient (Wildman–Crippen LogP) is 3.52. The van der Waals surface area contributed by atoms with Crippen LogP contribution in [0, 0.1) is 5.82 Å². The Bertz CT molecular complexity index is 1140. The lowest BCUT2D eigenvalue weighted by molar-refractivity contribution is 0.311. The third-order valence-electron chi connectivity index (χ3n) is 7.12. The van der Waals surface area contributed by atoms with Crippen molar-refractivity contribution >= 4 is 5.82 Å². The number of benzene rings is 1. The van der Waals surface area contributed by atoms with Crippen LogP contribution < -0.4 is 10.2 Å². The van der Waals surface area contributed by atoms with Gasteiger partial charge in [0.1, 0.15) is 11.6 Å². The minimum atomic E-state index is -0.393. The van der Waals surface area contributed by atoms with Crippen molar-refractivity contribution in [2.24, 2.45) is 0 Å². The molecule has 0 amide bonds. The lowest BCUT2D eigenvalue weighted by Gasteiger charge is -2.29. The first-order chi connectivity index (χ1) is 15.7. The molecule has 4 heterocycles. The molecule has 2 aliphatic heterocycles. The number of aromatic nitrogens is 4. The van der Waals surface area contributed by atoms with E-state index in [1.54, 1.807) is 12.3 Å². The first kappa shape index (κ1) is 19.7. The fourth-order valence-corrected chi connectivity index (χ4v) is 5.11. The smallest absolute Gasteiger partial charge is 0.151 e. The van der Waals surface area contributed by atoms with Gasteiger partial charge in [-0.25, -0.2) is 4.39 Å². The van der Waals surface area contributed by atoms with Crippen LogP contribution in [-0.4, -0.2) is 50.3 Å². The van der Waals surface area contributed by atoms with Crippen LogP contribution in [0.15, 0.2) is 30.5 Å². The van der Waals surface area contributed by atoms with E-state index in [0.29, 0.717) is 28.9 Å². The summed E-state index contributed by atoms with van der Waals surface area (Å²) in [6.45, 7) is 2.73. The van der Waals surface area contributed by atoms with Gasteiger partial charge < -0.3 is 15.3 Å². The van der Waals surface area contributed by atoms with E-state index >= 15 is 4.39 Å². The molecule has 1 aromatic carbocycles. The summed E-state index contributed by atoms with van der Waals surface area (Å²) in [6.07, 6.45) is 8.58. The molecule has 166 valence electrons. The maximum atomic E-state index is 15.0. The molecule has 0 unspecified atom stereocenters. The molecule has 1 aliphatic carbocycles. The van der Waals surface area contributed by atoms with Crippen molar-refractivity contribution in [1.82, 2.24) is 25.3 Å². The summed E-state index contributed by atoms with van der Waals surface area (Å²) in [5, 5.41) is 27.4. The normalized spacial score (nSPS) is 20.5. The van der Waals surface area contributed by atoms with Crippen LogP contribution in [0.5, 0.6) is 5.75 Å². The van der Waals surface area contributed by atoms with Crippen LogP contribution in [0.25, 0.3) is 22.4 Å². The van der Waals surface area contributed by atoms with Gasteiger partial charge in [0.2, 0.25) is 0 Å². The van der Waals surface area contributed by atoms with Gasteiger partial charge in [-0.2, -0.15) is 5.10 Å². The fourth-order valence-electron chi connectivity index (χ4n) is 5.11. The molecule has 0 spiro atoms. The quantitative estimate of drug-likeness (QED) is 0.640. The van der Waals surface area contributed by atoms with E-state index in [-0.39, 0.29) is 5.75 Å². The maximum absolute atomic E-state index is 15.0. The summed E-state index contributed by atoms with van der Waals surface area (Å²) in [7, 11) is 0. The third kappa shape index (κ3) is 3.43. The van der Waals surface area contributed by atoms with Gasteiger partial charge >= 0.3 is 0 Å². The topological polar surface area (TPSA) is 79.1 Å². The average Bonchev–Trinajstić information content (AvgIpc) is 3.50. The largest absolute Gasteiger partial charge is 0.507 e. The Morgan fingerprint density at radius 3 is 2.66 bits per heavy atom. The standard InChI is InChI=1S/C24H27FN6O/c25-20-11-18(23(32)12-17(20)19-13-26-31-9-2-5-22(19)31)21-6-7-24(29-28-21)30-10-8-16(14-30)27-15-3-1-4-15/h6-7,11-13,15-16,27,32H,1-5,8-10,14H2/t16-/m0/s1. The second kappa shape index (κ2) is 7.85. The first-order valence-corrected chi connectivity index (χ1v) is 11.6. The van der Waals surface area contributed by atoms with Gasteiger partial charge in [0, 0.05) is 54.1 Å². The van der Waals surface area contributed by atoms with Crippen molar-refractivity contribution in [2.75, 3.05) is 18.0 Å². The minimum Gasteiger partial charge on any atom is -0.507 e. The van der Waals surface area contributed by atoms with Crippen LogP contribution in [0.4, 0.5) is 10.2 Å². The Labute approximate surface area is 186 Å². The van der Waals surface area contributed by atoms with Gasteiger partial charge in [-0.05, 0) is 56.4 Å². The van der Waals surface area contributed by atoms with Crippen molar-refractivity contribution < 1.29 is 9.50 Å². The van der Waals surface area contributed by atoms with E-state index in [1.165, 1.54) is 31.4 Å². The SMILES string of the molecule is Oc1cc(-c2cnn3c2CCC3)c(F)cc1-c1ccc(N2CC[C@H](NC3CCC3)C2)nn1. The molecule has 32 heavy (non-hydrogen) atoms. The highest BCUT2D eigenvalue weighted by molar-refractivity contribution is 5.76. The molecule has 2 aromatic heterocycles.